The van der Waals surface area contributed by atoms with Gasteiger partial charge in [0.25, 0.3) is 0 Å². The second kappa shape index (κ2) is 3.81. The van der Waals surface area contributed by atoms with Gasteiger partial charge in [-0.25, -0.2) is 0 Å². The molecule has 0 radical (unpaired) electrons. The molecule has 1 aromatic carbocycles. The highest BCUT2D eigenvalue weighted by Crippen LogP contribution is 2.06. The lowest BCUT2D eigenvalue weighted by Crippen LogP contribution is -1.96. The Labute approximate surface area is 70.5 Å². The van der Waals surface area contributed by atoms with Gasteiger partial charge in [-0.3, -0.25) is 4.79 Å². The summed E-state index contributed by atoms with van der Waals surface area (Å²) in [5.41, 5.74) is 0.898. The molecule has 0 atom stereocenters. The van der Waals surface area contributed by atoms with Crippen LogP contribution in [0.2, 0.25) is 0 Å². The summed E-state index contributed by atoms with van der Waals surface area (Å²) < 4.78 is 12.0. The Kier molecular flexibility index (Phi) is 2.75. The van der Waals surface area contributed by atoms with E-state index in [0.29, 0.717) is 0 Å². The molecule has 1 aromatic rings. The third kappa shape index (κ3) is 2.31. The maximum Gasteiger partial charge on any atom is 0.327 e. The molecule has 0 aromatic heterocycles. The van der Waals surface area contributed by atoms with Gasteiger partial charge in [0.15, 0.2) is 0 Å². The molecule has 1 rings (SSSR count). The monoisotopic (exact) mass is 164 g/mol. The molecule has 0 unspecified atom stereocenters. The second-order valence-corrected chi connectivity index (χ2v) is 2.54. The molecule has 0 heterocycles. The van der Waals surface area contributed by atoms with Crippen LogP contribution in [0.4, 0.5) is 4.39 Å². The minimum Gasteiger partial charge on any atom is -0.256 e. The first-order valence-electron chi connectivity index (χ1n) is 3.61. The molecule has 0 aliphatic carbocycles. The standard InChI is InChI=1S/C10H9FO/c1-8(10(11)12)7-9-5-3-2-4-6-9/h2-6H,1,7H2. The van der Waals surface area contributed by atoms with E-state index in [1.54, 1.807) is 0 Å². The number of carbonyl (C=O) groups is 1. The quantitative estimate of drug-likeness (QED) is 0.494. The summed E-state index contributed by atoms with van der Waals surface area (Å²) in [6.07, 6.45) is 0.288. The average molecular weight is 164 g/mol. The highest BCUT2D eigenvalue weighted by molar-refractivity contribution is 5.87. The molecular formula is C10H9FO. The maximum atomic E-state index is 12.0. The number of rotatable bonds is 3. The molecule has 2 heteroatoms. The van der Waals surface area contributed by atoms with Crippen molar-refractivity contribution in [1.29, 1.82) is 0 Å². The number of carbonyl (C=O) groups excluding carboxylic acids is 1. The number of benzene rings is 1. The molecule has 0 aliphatic heterocycles. The van der Waals surface area contributed by atoms with Crippen LogP contribution in [0.3, 0.4) is 0 Å². The van der Waals surface area contributed by atoms with Crippen molar-refractivity contribution >= 4 is 6.04 Å². The van der Waals surface area contributed by atoms with E-state index in [-0.39, 0.29) is 12.0 Å². The molecule has 1 nitrogen and oxygen atoms in total. The van der Waals surface area contributed by atoms with Gasteiger partial charge in [-0.2, -0.15) is 4.39 Å². The van der Waals surface area contributed by atoms with Crippen molar-refractivity contribution in [2.45, 2.75) is 6.42 Å². The molecule has 62 valence electrons. The fourth-order valence-electron chi connectivity index (χ4n) is 0.912. The first-order chi connectivity index (χ1) is 5.70. The van der Waals surface area contributed by atoms with E-state index in [1.165, 1.54) is 0 Å². The fourth-order valence-corrected chi connectivity index (χ4v) is 0.912. The van der Waals surface area contributed by atoms with E-state index in [2.05, 4.69) is 6.58 Å². The van der Waals surface area contributed by atoms with Crippen LogP contribution in [0.1, 0.15) is 5.56 Å². The van der Waals surface area contributed by atoms with Crippen LogP contribution in [-0.2, 0) is 11.2 Å². The van der Waals surface area contributed by atoms with Crippen molar-refractivity contribution < 1.29 is 9.18 Å². The minimum atomic E-state index is -1.43. The van der Waals surface area contributed by atoms with Crippen LogP contribution in [0.25, 0.3) is 0 Å². The van der Waals surface area contributed by atoms with Crippen LogP contribution < -0.4 is 0 Å². The Bertz CT molecular complexity index is 290. The molecule has 0 aliphatic rings. The molecule has 0 fully saturated rings. The number of allylic oxidation sites excluding steroid dienone is 1. The Morgan fingerprint density at radius 3 is 2.42 bits per heavy atom. The largest absolute Gasteiger partial charge is 0.327 e. The lowest BCUT2D eigenvalue weighted by Gasteiger charge is -1.98. The smallest absolute Gasteiger partial charge is 0.256 e. The Morgan fingerprint density at radius 1 is 1.33 bits per heavy atom. The highest BCUT2D eigenvalue weighted by atomic mass is 19.1. The van der Waals surface area contributed by atoms with Crippen molar-refractivity contribution in [3.8, 4) is 0 Å². The summed E-state index contributed by atoms with van der Waals surface area (Å²) in [5, 5.41) is 0. The van der Waals surface area contributed by atoms with Gasteiger partial charge in [0.1, 0.15) is 0 Å². The SMILES string of the molecule is C=C(Cc1ccccc1)C(=O)F. The van der Waals surface area contributed by atoms with Crippen molar-refractivity contribution in [1.82, 2.24) is 0 Å². The van der Waals surface area contributed by atoms with E-state index < -0.39 is 6.04 Å². The fraction of sp³-hybridized carbons (Fsp3) is 0.100. The van der Waals surface area contributed by atoms with Crippen molar-refractivity contribution in [3.05, 3.63) is 48.0 Å². The first kappa shape index (κ1) is 8.65. The molecule has 0 saturated heterocycles. The predicted octanol–water partition coefficient (Wildman–Crippen LogP) is 2.28. The van der Waals surface area contributed by atoms with E-state index in [0.717, 1.165) is 5.56 Å². The van der Waals surface area contributed by atoms with Gasteiger partial charge in [0, 0.05) is 12.0 Å². The first-order valence-corrected chi connectivity index (χ1v) is 3.61. The van der Waals surface area contributed by atoms with E-state index in [9.17, 15) is 9.18 Å². The Hall–Kier alpha value is -1.44. The van der Waals surface area contributed by atoms with Gasteiger partial charge in [0.2, 0.25) is 0 Å². The summed E-state index contributed by atoms with van der Waals surface area (Å²) in [4.78, 5) is 10.2. The molecule has 0 N–H and O–H groups in total. The van der Waals surface area contributed by atoms with Gasteiger partial charge in [0.05, 0.1) is 0 Å². The topological polar surface area (TPSA) is 17.1 Å². The van der Waals surface area contributed by atoms with Crippen LogP contribution in [0.5, 0.6) is 0 Å². The van der Waals surface area contributed by atoms with Crippen molar-refractivity contribution in [3.63, 3.8) is 0 Å². The zero-order chi connectivity index (χ0) is 8.97. The molecule has 0 bridgehead atoms. The van der Waals surface area contributed by atoms with E-state index in [1.807, 2.05) is 30.3 Å². The lowest BCUT2D eigenvalue weighted by molar-refractivity contribution is -0.125. The average Bonchev–Trinajstić information content (AvgIpc) is 2.06. The van der Waals surface area contributed by atoms with Gasteiger partial charge in [-0.1, -0.05) is 36.9 Å². The molecule has 12 heavy (non-hydrogen) atoms. The maximum absolute atomic E-state index is 12.0. The summed E-state index contributed by atoms with van der Waals surface area (Å²) in [6.45, 7) is 3.32. The molecular weight excluding hydrogens is 155 g/mol. The van der Waals surface area contributed by atoms with Gasteiger partial charge in [-0.15, -0.1) is 0 Å². The van der Waals surface area contributed by atoms with Crippen LogP contribution in [0.15, 0.2) is 42.5 Å². The third-order valence-electron chi connectivity index (χ3n) is 1.54. The minimum absolute atomic E-state index is 0.00111. The van der Waals surface area contributed by atoms with Gasteiger partial charge >= 0.3 is 6.04 Å². The van der Waals surface area contributed by atoms with Crippen LogP contribution >= 0.6 is 0 Å². The zero-order valence-electron chi connectivity index (χ0n) is 6.59. The summed E-state index contributed by atoms with van der Waals surface area (Å²) in [7, 11) is 0. The van der Waals surface area contributed by atoms with E-state index >= 15 is 0 Å². The number of halogens is 1. The summed E-state index contributed by atoms with van der Waals surface area (Å²) in [5.74, 6) is 0. The van der Waals surface area contributed by atoms with E-state index in [4.69, 9.17) is 0 Å². The molecule has 0 spiro atoms. The van der Waals surface area contributed by atoms with Crippen molar-refractivity contribution in [2.24, 2.45) is 0 Å². The normalized spacial score (nSPS) is 9.42. The summed E-state index contributed by atoms with van der Waals surface area (Å²) >= 11 is 0. The van der Waals surface area contributed by atoms with Crippen LogP contribution in [-0.4, -0.2) is 6.04 Å². The highest BCUT2D eigenvalue weighted by Gasteiger charge is 2.04. The zero-order valence-corrected chi connectivity index (χ0v) is 6.59. The third-order valence-corrected chi connectivity index (χ3v) is 1.54. The number of hydrogen-bond donors (Lipinski definition) is 0. The second-order valence-electron chi connectivity index (χ2n) is 2.54. The number of hydrogen-bond acceptors (Lipinski definition) is 1. The van der Waals surface area contributed by atoms with Crippen LogP contribution in [0, 0.1) is 0 Å². The van der Waals surface area contributed by atoms with Gasteiger partial charge in [-0.05, 0) is 5.56 Å². The Morgan fingerprint density at radius 2 is 1.92 bits per heavy atom. The predicted molar refractivity (Wildman–Crippen MR) is 45.4 cm³/mol. The molecule has 0 saturated carbocycles. The van der Waals surface area contributed by atoms with Gasteiger partial charge < -0.3 is 0 Å². The molecule has 0 amide bonds. The Balaban J connectivity index is 2.65. The summed E-state index contributed by atoms with van der Waals surface area (Å²) in [6, 6.07) is 7.77. The van der Waals surface area contributed by atoms with Crippen molar-refractivity contribution in [2.75, 3.05) is 0 Å². The lowest BCUT2D eigenvalue weighted by atomic mass is 10.1.